The molecule has 0 spiro atoms. The van der Waals surface area contributed by atoms with Gasteiger partial charge in [-0.1, -0.05) is 25.7 Å². The van der Waals surface area contributed by atoms with Crippen LogP contribution in [0.2, 0.25) is 0 Å². The molecule has 0 radical (unpaired) electrons. The van der Waals surface area contributed by atoms with Crippen LogP contribution in [0.15, 0.2) is 0 Å². The fraction of sp³-hybridized carbons (Fsp3) is 0.769. The molecular formula is C13H24N4O. The topological polar surface area (TPSA) is 76.1 Å². The second-order valence-corrected chi connectivity index (χ2v) is 5.46. The van der Waals surface area contributed by atoms with E-state index in [2.05, 4.69) is 10.4 Å². The van der Waals surface area contributed by atoms with Crippen molar-refractivity contribution in [2.45, 2.75) is 51.0 Å². The third-order valence-corrected chi connectivity index (χ3v) is 3.89. The summed E-state index contributed by atoms with van der Waals surface area (Å²) in [4.78, 5) is 0. The molecule has 18 heavy (non-hydrogen) atoms. The Morgan fingerprint density at radius 1 is 1.33 bits per heavy atom. The smallest absolute Gasteiger partial charge is 0.147 e. The first kappa shape index (κ1) is 13.2. The van der Waals surface area contributed by atoms with Crippen LogP contribution in [0.5, 0.6) is 0 Å². The van der Waals surface area contributed by atoms with Crippen LogP contribution in [0.1, 0.15) is 44.2 Å². The molecule has 1 aliphatic carbocycles. The lowest BCUT2D eigenvalue weighted by Crippen LogP contribution is -2.36. The van der Waals surface area contributed by atoms with Gasteiger partial charge in [0.1, 0.15) is 5.82 Å². The molecule has 5 heteroatoms. The van der Waals surface area contributed by atoms with Gasteiger partial charge in [0.15, 0.2) is 0 Å². The highest BCUT2D eigenvalue weighted by Gasteiger charge is 2.28. The van der Waals surface area contributed by atoms with Gasteiger partial charge in [0.25, 0.3) is 0 Å². The Kier molecular flexibility index (Phi) is 3.80. The molecule has 5 nitrogen and oxygen atoms in total. The minimum absolute atomic E-state index is 0.552. The van der Waals surface area contributed by atoms with Crippen LogP contribution in [0.3, 0.4) is 0 Å². The molecule has 0 bridgehead atoms. The van der Waals surface area contributed by atoms with Crippen molar-refractivity contribution in [3.05, 3.63) is 5.69 Å². The zero-order valence-electron chi connectivity index (χ0n) is 11.4. The van der Waals surface area contributed by atoms with Gasteiger partial charge in [0.05, 0.1) is 17.0 Å². The number of rotatable bonds is 3. The molecule has 1 aromatic rings. The van der Waals surface area contributed by atoms with Crippen LogP contribution >= 0.6 is 0 Å². The molecule has 0 unspecified atom stereocenters. The van der Waals surface area contributed by atoms with Gasteiger partial charge >= 0.3 is 0 Å². The van der Waals surface area contributed by atoms with E-state index in [1.165, 1.54) is 12.8 Å². The highest BCUT2D eigenvalue weighted by Crippen LogP contribution is 2.28. The van der Waals surface area contributed by atoms with E-state index >= 15 is 0 Å². The van der Waals surface area contributed by atoms with Crippen molar-refractivity contribution < 1.29 is 5.11 Å². The molecule has 0 aliphatic heterocycles. The largest absolute Gasteiger partial charge is 0.394 e. The Hall–Kier alpha value is -1.23. The van der Waals surface area contributed by atoms with Crippen LogP contribution in [0, 0.1) is 6.92 Å². The summed E-state index contributed by atoms with van der Waals surface area (Å²) in [5.74, 6) is 0.810. The van der Waals surface area contributed by atoms with E-state index in [9.17, 15) is 5.11 Å². The van der Waals surface area contributed by atoms with Gasteiger partial charge in [0.2, 0.25) is 0 Å². The zero-order valence-corrected chi connectivity index (χ0v) is 11.4. The lowest BCUT2D eigenvalue weighted by Gasteiger charge is -2.27. The van der Waals surface area contributed by atoms with E-state index in [1.807, 2.05) is 14.0 Å². The van der Waals surface area contributed by atoms with Crippen LogP contribution in [0.25, 0.3) is 0 Å². The van der Waals surface area contributed by atoms with Gasteiger partial charge in [-0.05, 0) is 19.8 Å². The number of aromatic nitrogens is 2. The lowest BCUT2D eigenvalue weighted by molar-refractivity contribution is 0.0380. The number of nitrogens with zero attached hydrogens (tertiary/aromatic N) is 2. The zero-order chi connectivity index (χ0) is 13.2. The molecule has 0 amide bonds. The standard InChI is InChI=1S/C13H24N4O/c1-10-11(14)12(17(2)16-10)15-9-13(18)7-5-3-4-6-8-13/h15,18H,3-9,14H2,1-2H3. The van der Waals surface area contributed by atoms with Crippen molar-refractivity contribution in [3.8, 4) is 0 Å². The summed E-state index contributed by atoms with van der Waals surface area (Å²) >= 11 is 0. The van der Waals surface area contributed by atoms with E-state index in [4.69, 9.17) is 5.73 Å². The van der Waals surface area contributed by atoms with E-state index < -0.39 is 5.60 Å². The maximum Gasteiger partial charge on any atom is 0.147 e. The molecule has 102 valence electrons. The summed E-state index contributed by atoms with van der Waals surface area (Å²) in [6.07, 6.45) is 6.42. The Labute approximate surface area is 108 Å². The highest BCUT2D eigenvalue weighted by atomic mass is 16.3. The Bertz CT molecular complexity index is 405. The summed E-state index contributed by atoms with van der Waals surface area (Å²) in [7, 11) is 1.86. The molecule has 1 aliphatic rings. The third-order valence-electron chi connectivity index (χ3n) is 3.89. The van der Waals surface area contributed by atoms with Crippen molar-refractivity contribution >= 4 is 11.5 Å². The van der Waals surface area contributed by atoms with Crippen LogP contribution in [-0.4, -0.2) is 27.0 Å². The first-order valence-electron chi connectivity index (χ1n) is 6.77. The number of nitrogens with two attached hydrogens (primary N) is 1. The number of aryl methyl sites for hydroxylation is 2. The average molecular weight is 252 g/mol. The summed E-state index contributed by atoms with van der Waals surface area (Å²) < 4.78 is 1.74. The molecule has 1 heterocycles. The first-order valence-corrected chi connectivity index (χ1v) is 6.77. The van der Waals surface area contributed by atoms with E-state index in [1.54, 1.807) is 4.68 Å². The van der Waals surface area contributed by atoms with Gasteiger partial charge in [-0.25, -0.2) is 0 Å². The molecule has 0 aromatic carbocycles. The predicted octanol–water partition coefficient (Wildman–Crippen LogP) is 1.81. The van der Waals surface area contributed by atoms with Crippen molar-refractivity contribution in [1.29, 1.82) is 0 Å². The minimum atomic E-state index is -0.596. The summed E-state index contributed by atoms with van der Waals surface area (Å²) in [6, 6.07) is 0. The SMILES string of the molecule is Cc1nn(C)c(NCC2(O)CCCCCC2)c1N. The van der Waals surface area contributed by atoms with Crippen molar-refractivity contribution in [3.63, 3.8) is 0 Å². The van der Waals surface area contributed by atoms with E-state index in [-0.39, 0.29) is 0 Å². The van der Waals surface area contributed by atoms with Gasteiger partial charge in [-0.2, -0.15) is 5.10 Å². The second-order valence-electron chi connectivity index (χ2n) is 5.46. The quantitative estimate of drug-likeness (QED) is 0.717. The average Bonchev–Trinajstić information content (AvgIpc) is 2.51. The van der Waals surface area contributed by atoms with Crippen molar-refractivity contribution in [2.75, 3.05) is 17.6 Å². The second kappa shape index (κ2) is 5.18. The number of aliphatic hydroxyl groups is 1. The van der Waals surface area contributed by atoms with Crippen LogP contribution in [0.4, 0.5) is 11.5 Å². The third kappa shape index (κ3) is 2.77. The van der Waals surface area contributed by atoms with E-state index in [0.29, 0.717) is 12.2 Å². The summed E-state index contributed by atoms with van der Waals surface area (Å²) in [5.41, 5.74) is 6.87. The van der Waals surface area contributed by atoms with Crippen LogP contribution < -0.4 is 11.1 Å². The Morgan fingerprint density at radius 3 is 2.44 bits per heavy atom. The normalized spacial score (nSPS) is 19.5. The fourth-order valence-electron chi connectivity index (χ4n) is 2.70. The molecular weight excluding hydrogens is 228 g/mol. The lowest BCUT2D eigenvalue weighted by atomic mass is 9.94. The van der Waals surface area contributed by atoms with Crippen molar-refractivity contribution in [2.24, 2.45) is 7.05 Å². The predicted molar refractivity (Wildman–Crippen MR) is 73.5 cm³/mol. The number of hydrogen-bond donors (Lipinski definition) is 3. The molecule has 0 atom stereocenters. The molecule has 1 fully saturated rings. The Morgan fingerprint density at radius 2 is 1.94 bits per heavy atom. The summed E-state index contributed by atoms with van der Waals surface area (Å²) in [6.45, 7) is 2.44. The molecule has 2 rings (SSSR count). The Balaban J connectivity index is 2.01. The number of anilines is 2. The van der Waals surface area contributed by atoms with Gasteiger partial charge in [0, 0.05) is 13.6 Å². The molecule has 1 aromatic heterocycles. The van der Waals surface area contributed by atoms with Gasteiger partial charge < -0.3 is 16.2 Å². The maximum atomic E-state index is 10.6. The maximum absolute atomic E-state index is 10.6. The molecule has 0 saturated heterocycles. The van der Waals surface area contributed by atoms with Gasteiger partial charge in [-0.15, -0.1) is 0 Å². The number of nitrogen functional groups attached to an aromatic ring is 1. The minimum Gasteiger partial charge on any atom is -0.394 e. The summed E-state index contributed by atoms with van der Waals surface area (Å²) in [5, 5.41) is 18.1. The number of hydrogen-bond acceptors (Lipinski definition) is 4. The monoisotopic (exact) mass is 252 g/mol. The van der Waals surface area contributed by atoms with E-state index in [0.717, 1.165) is 37.2 Å². The van der Waals surface area contributed by atoms with Crippen LogP contribution in [-0.2, 0) is 7.05 Å². The highest BCUT2D eigenvalue weighted by molar-refractivity contribution is 5.64. The molecule has 4 N–H and O–H groups in total. The van der Waals surface area contributed by atoms with Gasteiger partial charge in [-0.3, -0.25) is 4.68 Å². The first-order chi connectivity index (χ1) is 8.52. The molecule has 1 saturated carbocycles. The fourth-order valence-corrected chi connectivity index (χ4v) is 2.70. The number of nitrogens with one attached hydrogen (secondary N) is 1. The van der Waals surface area contributed by atoms with Crippen molar-refractivity contribution in [1.82, 2.24) is 9.78 Å².